The summed E-state index contributed by atoms with van der Waals surface area (Å²) in [6, 6.07) is 9.06. The molecule has 0 amide bonds. The van der Waals surface area contributed by atoms with Crippen LogP contribution < -0.4 is 0 Å². The SMILES string of the molecule is [2H]C([2H])([2H])C#Cc1ccccc1. The average Bonchev–Trinajstić information content (AvgIpc) is 2.02. The standard InChI is InChI=1S/C9H8/c1-2-6-9-7-4-3-5-8-9/h3-5,7-8H,1H3/i1D3. The summed E-state index contributed by atoms with van der Waals surface area (Å²) in [5.74, 6) is 4.76. The molecular weight excluding hydrogens is 108 g/mol. The first-order chi connectivity index (χ1) is 5.58. The highest BCUT2D eigenvalue weighted by Crippen LogP contribution is 1.93. The second kappa shape index (κ2) is 2.94. The van der Waals surface area contributed by atoms with E-state index >= 15 is 0 Å². The van der Waals surface area contributed by atoms with Crippen LogP contribution in [-0.4, -0.2) is 0 Å². The molecule has 1 aromatic rings. The summed E-state index contributed by atoms with van der Waals surface area (Å²) < 4.78 is 20.5. The predicted molar refractivity (Wildman–Crippen MR) is 39.0 cm³/mol. The molecule has 0 bridgehead atoms. The van der Waals surface area contributed by atoms with Gasteiger partial charge in [0, 0.05) is 9.68 Å². The first-order valence-electron chi connectivity index (χ1n) is 4.16. The molecule has 0 unspecified atom stereocenters. The lowest BCUT2D eigenvalue weighted by Gasteiger charge is -1.83. The number of hydrogen-bond donors (Lipinski definition) is 0. The normalized spacial score (nSPS) is 14.0. The van der Waals surface area contributed by atoms with Gasteiger partial charge in [-0.1, -0.05) is 24.1 Å². The molecule has 0 atom stereocenters. The second-order valence-electron chi connectivity index (χ2n) is 1.62. The molecule has 0 aromatic heterocycles. The van der Waals surface area contributed by atoms with Crippen LogP contribution in [0.5, 0.6) is 0 Å². The average molecular weight is 119 g/mol. The Hall–Kier alpha value is -1.22. The molecule has 1 aromatic carbocycles. The number of rotatable bonds is 0. The summed E-state index contributed by atoms with van der Waals surface area (Å²) in [6.45, 7) is -2.16. The van der Waals surface area contributed by atoms with Crippen LogP contribution in [0.4, 0.5) is 0 Å². The molecule has 0 nitrogen and oxygen atoms in total. The first-order valence-corrected chi connectivity index (χ1v) is 2.66. The molecule has 0 aliphatic heterocycles. The van der Waals surface area contributed by atoms with E-state index in [9.17, 15) is 0 Å². The van der Waals surface area contributed by atoms with E-state index in [4.69, 9.17) is 4.11 Å². The van der Waals surface area contributed by atoms with E-state index < -0.39 is 6.85 Å². The minimum Gasteiger partial charge on any atom is -0.101 e. The molecule has 0 fully saturated rings. The van der Waals surface area contributed by atoms with E-state index in [1.54, 1.807) is 12.1 Å². The maximum Gasteiger partial charge on any atom is 0.0366 e. The smallest absolute Gasteiger partial charge is 0.0366 e. The summed E-state index contributed by atoms with van der Waals surface area (Å²) in [5, 5.41) is 0. The van der Waals surface area contributed by atoms with E-state index in [0.29, 0.717) is 0 Å². The van der Waals surface area contributed by atoms with Crippen molar-refractivity contribution in [3.05, 3.63) is 35.9 Å². The molecule has 0 spiro atoms. The van der Waals surface area contributed by atoms with Crippen molar-refractivity contribution >= 4 is 0 Å². The monoisotopic (exact) mass is 119 g/mol. The van der Waals surface area contributed by atoms with Gasteiger partial charge in [0.25, 0.3) is 0 Å². The van der Waals surface area contributed by atoms with Crippen LogP contribution >= 0.6 is 0 Å². The Bertz CT molecular complexity index is 300. The number of benzene rings is 1. The van der Waals surface area contributed by atoms with Crippen molar-refractivity contribution in [2.24, 2.45) is 0 Å². The molecule has 1 rings (SSSR count). The van der Waals surface area contributed by atoms with Crippen LogP contribution in [0.1, 0.15) is 16.5 Å². The Morgan fingerprint density at radius 2 is 2.11 bits per heavy atom. The summed E-state index contributed by atoms with van der Waals surface area (Å²) in [4.78, 5) is 0. The van der Waals surface area contributed by atoms with Gasteiger partial charge in [-0.05, 0) is 19.0 Å². The molecule has 9 heavy (non-hydrogen) atoms. The molecular formula is C9H8. The van der Waals surface area contributed by atoms with Gasteiger partial charge in [0.1, 0.15) is 0 Å². The van der Waals surface area contributed by atoms with Crippen molar-refractivity contribution in [3.8, 4) is 11.8 Å². The molecule has 0 heteroatoms. The summed E-state index contributed by atoms with van der Waals surface area (Å²) in [7, 11) is 0. The van der Waals surface area contributed by atoms with Crippen LogP contribution in [0.3, 0.4) is 0 Å². The summed E-state index contributed by atoms with van der Waals surface area (Å²) in [6.07, 6.45) is 0. The Labute approximate surface area is 59.7 Å². The molecule has 44 valence electrons. The Morgan fingerprint density at radius 3 is 2.78 bits per heavy atom. The van der Waals surface area contributed by atoms with Crippen molar-refractivity contribution < 1.29 is 4.11 Å². The third-order valence-electron chi connectivity index (χ3n) is 0.981. The first kappa shape index (κ1) is 3.08. The number of hydrogen-bond acceptors (Lipinski definition) is 0. The predicted octanol–water partition coefficient (Wildman–Crippen LogP) is 2.06. The van der Waals surface area contributed by atoms with Gasteiger partial charge in [0.05, 0.1) is 0 Å². The molecule has 0 aliphatic carbocycles. The van der Waals surface area contributed by atoms with Crippen molar-refractivity contribution in [3.63, 3.8) is 0 Å². The lowest BCUT2D eigenvalue weighted by Crippen LogP contribution is -1.67. The highest BCUT2D eigenvalue weighted by Gasteiger charge is 1.77. The van der Waals surface area contributed by atoms with Crippen molar-refractivity contribution in [1.82, 2.24) is 0 Å². The lowest BCUT2D eigenvalue weighted by molar-refractivity contribution is 1.64. The van der Waals surface area contributed by atoms with Crippen LogP contribution in [-0.2, 0) is 0 Å². The molecule has 0 N–H and O–H groups in total. The van der Waals surface area contributed by atoms with Gasteiger partial charge < -0.3 is 0 Å². The largest absolute Gasteiger partial charge is 0.101 e. The molecule has 0 radical (unpaired) electrons. The molecule has 0 saturated carbocycles. The fourth-order valence-corrected chi connectivity index (χ4v) is 0.594. The third kappa shape index (κ3) is 1.62. The Morgan fingerprint density at radius 1 is 1.33 bits per heavy atom. The van der Waals surface area contributed by atoms with E-state index in [1.807, 2.05) is 18.2 Å². The van der Waals surface area contributed by atoms with Gasteiger partial charge >= 0.3 is 0 Å². The zero-order valence-electron chi connectivity index (χ0n) is 7.89. The topological polar surface area (TPSA) is 0 Å². The second-order valence-corrected chi connectivity index (χ2v) is 1.62. The maximum atomic E-state index is 6.84. The zero-order valence-corrected chi connectivity index (χ0v) is 4.89. The van der Waals surface area contributed by atoms with E-state index in [0.717, 1.165) is 5.56 Å². The van der Waals surface area contributed by atoms with Crippen molar-refractivity contribution in [2.45, 2.75) is 6.85 Å². The summed E-state index contributed by atoms with van der Waals surface area (Å²) >= 11 is 0. The Kier molecular flexibility index (Phi) is 1.00. The van der Waals surface area contributed by atoms with Crippen LogP contribution in [0, 0.1) is 11.8 Å². The van der Waals surface area contributed by atoms with Gasteiger partial charge in [-0.2, -0.15) is 0 Å². The Balaban J connectivity index is 2.81. The van der Waals surface area contributed by atoms with Gasteiger partial charge in [-0.3, -0.25) is 0 Å². The zero-order chi connectivity index (χ0) is 9.03. The van der Waals surface area contributed by atoms with Crippen LogP contribution in [0.25, 0.3) is 0 Å². The molecule has 0 saturated heterocycles. The van der Waals surface area contributed by atoms with Crippen molar-refractivity contribution in [2.75, 3.05) is 0 Å². The van der Waals surface area contributed by atoms with Gasteiger partial charge in [-0.15, -0.1) is 5.92 Å². The van der Waals surface area contributed by atoms with Crippen LogP contribution in [0.2, 0.25) is 0 Å². The van der Waals surface area contributed by atoms with Crippen molar-refractivity contribution in [1.29, 1.82) is 0 Å². The fraction of sp³-hybridized carbons (Fsp3) is 0.111. The van der Waals surface area contributed by atoms with E-state index in [-0.39, 0.29) is 0 Å². The highest BCUT2D eigenvalue weighted by atomic mass is 13.8. The minimum absolute atomic E-state index is 0.730. The summed E-state index contributed by atoms with van der Waals surface area (Å²) in [5.41, 5.74) is 0.730. The lowest BCUT2D eigenvalue weighted by atomic mass is 10.2. The van der Waals surface area contributed by atoms with Crippen LogP contribution in [0.15, 0.2) is 30.3 Å². The third-order valence-corrected chi connectivity index (χ3v) is 0.981. The molecule has 0 aliphatic rings. The highest BCUT2D eigenvalue weighted by molar-refractivity contribution is 5.32. The maximum absolute atomic E-state index is 6.84. The van der Waals surface area contributed by atoms with Gasteiger partial charge in [0.2, 0.25) is 0 Å². The van der Waals surface area contributed by atoms with E-state index in [1.165, 1.54) is 0 Å². The van der Waals surface area contributed by atoms with Gasteiger partial charge in [0.15, 0.2) is 0 Å². The fourth-order valence-electron chi connectivity index (χ4n) is 0.594. The minimum atomic E-state index is -2.16. The van der Waals surface area contributed by atoms with E-state index in [2.05, 4.69) is 11.8 Å². The quantitative estimate of drug-likeness (QED) is 0.458. The molecule has 0 heterocycles. The van der Waals surface area contributed by atoms with Gasteiger partial charge in [-0.25, -0.2) is 0 Å².